The van der Waals surface area contributed by atoms with Crippen LogP contribution in [0.1, 0.15) is 22.8 Å². The van der Waals surface area contributed by atoms with Gasteiger partial charge >= 0.3 is 5.97 Å². The topological polar surface area (TPSA) is 55.4 Å². The van der Waals surface area contributed by atoms with Gasteiger partial charge in [-0.2, -0.15) is 0 Å². The Kier molecular flexibility index (Phi) is 6.95. The molecule has 0 saturated carbocycles. The van der Waals surface area contributed by atoms with E-state index < -0.39 is 5.97 Å². The van der Waals surface area contributed by atoms with Crippen LogP contribution < -0.4 is 5.32 Å². The van der Waals surface area contributed by atoms with Crippen molar-refractivity contribution < 1.29 is 14.3 Å². The van der Waals surface area contributed by atoms with Gasteiger partial charge in [-0.1, -0.05) is 23.7 Å². The number of carbonyl (C=O) groups is 2. The third-order valence-corrected chi connectivity index (χ3v) is 4.87. The van der Waals surface area contributed by atoms with E-state index in [2.05, 4.69) is 5.32 Å². The van der Waals surface area contributed by atoms with Crippen LogP contribution in [-0.2, 0) is 15.3 Å². The molecular weight excluding hydrogens is 354 g/mol. The normalized spacial score (nSPS) is 10.3. The lowest BCUT2D eigenvalue weighted by atomic mass is 10.2. The molecule has 0 fully saturated rings. The number of rotatable bonds is 7. The van der Waals surface area contributed by atoms with Gasteiger partial charge in [0, 0.05) is 10.8 Å². The first-order chi connectivity index (χ1) is 11.1. The van der Waals surface area contributed by atoms with Crippen LogP contribution in [0.3, 0.4) is 0 Å². The second-order valence-electron chi connectivity index (χ2n) is 4.55. The van der Waals surface area contributed by atoms with Gasteiger partial charge in [-0.3, -0.25) is 4.79 Å². The van der Waals surface area contributed by atoms with Gasteiger partial charge in [0.1, 0.15) is 5.00 Å². The Morgan fingerprint density at radius 1 is 1.35 bits per heavy atom. The monoisotopic (exact) mass is 369 g/mol. The van der Waals surface area contributed by atoms with E-state index in [-0.39, 0.29) is 5.91 Å². The summed E-state index contributed by atoms with van der Waals surface area (Å²) in [6.45, 7) is 2.05. The Morgan fingerprint density at radius 3 is 2.91 bits per heavy atom. The molecule has 0 spiro atoms. The number of thioether (sulfide) groups is 1. The SMILES string of the molecule is CCOC(=O)c1ccsc1NC(=O)CSCc1cccc(Cl)c1. The first-order valence-electron chi connectivity index (χ1n) is 6.96. The lowest BCUT2D eigenvalue weighted by Gasteiger charge is -2.06. The molecule has 2 rings (SSSR count). The van der Waals surface area contributed by atoms with Crippen molar-refractivity contribution in [3.8, 4) is 0 Å². The predicted octanol–water partition coefficient (Wildman–Crippen LogP) is 4.45. The van der Waals surface area contributed by atoms with E-state index >= 15 is 0 Å². The molecule has 1 amide bonds. The van der Waals surface area contributed by atoms with Crippen LogP contribution in [0.2, 0.25) is 5.02 Å². The Bertz CT molecular complexity index is 687. The quantitative estimate of drug-likeness (QED) is 0.732. The van der Waals surface area contributed by atoms with Crippen LogP contribution in [-0.4, -0.2) is 24.2 Å². The van der Waals surface area contributed by atoms with E-state index in [1.165, 1.54) is 23.1 Å². The number of esters is 1. The number of ether oxygens (including phenoxy) is 1. The number of thiophene rings is 1. The molecular formula is C16H16ClNO3S2. The van der Waals surface area contributed by atoms with Gasteiger partial charge in [-0.25, -0.2) is 4.79 Å². The summed E-state index contributed by atoms with van der Waals surface area (Å²) in [4.78, 5) is 23.8. The minimum atomic E-state index is -0.421. The van der Waals surface area contributed by atoms with Crippen molar-refractivity contribution in [2.75, 3.05) is 17.7 Å². The van der Waals surface area contributed by atoms with Gasteiger partial charge in [0.15, 0.2) is 0 Å². The third-order valence-electron chi connectivity index (χ3n) is 2.80. The Labute approximate surface area is 148 Å². The highest BCUT2D eigenvalue weighted by molar-refractivity contribution is 7.99. The van der Waals surface area contributed by atoms with E-state index in [4.69, 9.17) is 16.3 Å². The molecule has 1 aromatic heterocycles. The second kappa shape index (κ2) is 8.96. The van der Waals surface area contributed by atoms with E-state index in [0.717, 1.165) is 5.56 Å². The summed E-state index contributed by atoms with van der Waals surface area (Å²) in [6.07, 6.45) is 0. The van der Waals surface area contributed by atoms with E-state index in [0.29, 0.717) is 33.7 Å². The molecule has 0 unspecified atom stereocenters. The standard InChI is InChI=1S/C16H16ClNO3S2/c1-2-21-16(20)13-6-7-23-15(13)18-14(19)10-22-9-11-4-3-5-12(17)8-11/h3-8H,2,9-10H2,1H3,(H,18,19). The first kappa shape index (κ1) is 17.8. The molecule has 2 aromatic rings. The lowest BCUT2D eigenvalue weighted by molar-refractivity contribution is -0.113. The average molecular weight is 370 g/mol. The van der Waals surface area contributed by atoms with Gasteiger partial charge in [0.05, 0.1) is 17.9 Å². The highest BCUT2D eigenvalue weighted by Crippen LogP contribution is 2.24. The Hall–Kier alpha value is -1.50. The average Bonchev–Trinajstić information content (AvgIpc) is 2.95. The second-order valence-corrected chi connectivity index (χ2v) is 6.89. The summed E-state index contributed by atoms with van der Waals surface area (Å²) < 4.78 is 4.96. The molecule has 23 heavy (non-hydrogen) atoms. The van der Waals surface area contributed by atoms with Crippen LogP contribution >= 0.6 is 34.7 Å². The molecule has 7 heteroatoms. The van der Waals surface area contributed by atoms with Gasteiger partial charge in [-0.15, -0.1) is 23.1 Å². The summed E-state index contributed by atoms with van der Waals surface area (Å²) in [7, 11) is 0. The van der Waals surface area contributed by atoms with Crippen LogP contribution in [0, 0.1) is 0 Å². The van der Waals surface area contributed by atoms with Crippen LogP contribution in [0.25, 0.3) is 0 Å². The molecule has 1 N–H and O–H groups in total. The first-order valence-corrected chi connectivity index (χ1v) is 9.38. The number of halogens is 1. The molecule has 4 nitrogen and oxygen atoms in total. The van der Waals surface area contributed by atoms with Crippen LogP contribution in [0.15, 0.2) is 35.7 Å². The summed E-state index contributed by atoms with van der Waals surface area (Å²) in [5.74, 6) is 0.427. The maximum absolute atomic E-state index is 12.0. The number of amides is 1. The summed E-state index contributed by atoms with van der Waals surface area (Å²) >= 11 is 8.71. The Balaban J connectivity index is 1.83. The van der Waals surface area contributed by atoms with E-state index in [1.807, 2.05) is 24.3 Å². The lowest BCUT2D eigenvalue weighted by Crippen LogP contribution is -2.16. The largest absolute Gasteiger partial charge is 0.462 e. The molecule has 0 aliphatic carbocycles. The van der Waals surface area contributed by atoms with Crippen LogP contribution in [0.4, 0.5) is 5.00 Å². The van der Waals surface area contributed by atoms with Crippen molar-refractivity contribution >= 4 is 51.6 Å². The molecule has 1 heterocycles. The van der Waals surface area contributed by atoms with Crippen LogP contribution in [0.5, 0.6) is 0 Å². The van der Waals surface area contributed by atoms with Crippen molar-refractivity contribution in [2.45, 2.75) is 12.7 Å². The molecule has 0 bridgehead atoms. The van der Waals surface area contributed by atoms with Crippen molar-refractivity contribution in [1.82, 2.24) is 0 Å². The highest BCUT2D eigenvalue weighted by Gasteiger charge is 2.15. The molecule has 0 saturated heterocycles. The van der Waals surface area contributed by atoms with Crippen molar-refractivity contribution in [3.63, 3.8) is 0 Å². The van der Waals surface area contributed by atoms with Crippen molar-refractivity contribution in [1.29, 1.82) is 0 Å². The number of anilines is 1. The smallest absolute Gasteiger partial charge is 0.341 e. The zero-order valence-electron chi connectivity index (χ0n) is 12.5. The molecule has 0 radical (unpaired) electrons. The molecule has 122 valence electrons. The zero-order valence-corrected chi connectivity index (χ0v) is 14.9. The minimum absolute atomic E-state index is 0.148. The fourth-order valence-electron chi connectivity index (χ4n) is 1.83. The van der Waals surface area contributed by atoms with Gasteiger partial charge in [0.25, 0.3) is 0 Å². The minimum Gasteiger partial charge on any atom is -0.462 e. The summed E-state index contributed by atoms with van der Waals surface area (Å²) in [5.41, 5.74) is 1.46. The van der Waals surface area contributed by atoms with Crippen molar-refractivity contribution in [2.24, 2.45) is 0 Å². The van der Waals surface area contributed by atoms with Gasteiger partial charge in [-0.05, 0) is 36.1 Å². The van der Waals surface area contributed by atoms with E-state index in [1.54, 1.807) is 18.4 Å². The number of nitrogens with one attached hydrogen (secondary N) is 1. The number of hydrogen-bond acceptors (Lipinski definition) is 5. The maximum atomic E-state index is 12.0. The van der Waals surface area contributed by atoms with Crippen molar-refractivity contribution in [3.05, 3.63) is 51.9 Å². The Morgan fingerprint density at radius 2 is 2.17 bits per heavy atom. The fourth-order valence-corrected chi connectivity index (χ4v) is 3.61. The summed E-state index contributed by atoms with van der Waals surface area (Å²) in [6, 6.07) is 9.20. The molecule has 0 atom stereocenters. The molecule has 0 aliphatic rings. The third kappa shape index (κ3) is 5.57. The molecule has 0 aliphatic heterocycles. The summed E-state index contributed by atoms with van der Waals surface area (Å²) in [5, 5.41) is 5.72. The molecule has 1 aromatic carbocycles. The van der Waals surface area contributed by atoms with E-state index in [9.17, 15) is 9.59 Å². The highest BCUT2D eigenvalue weighted by atomic mass is 35.5. The number of benzene rings is 1. The van der Waals surface area contributed by atoms with Gasteiger partial charge in [0.2, 0.25) is 5.91 Å². The number of hydrogen-bond donors (Lipinski definition) is 1. The zero-order chi connectivity index (χ0) is 16.7. The van der Waals surface area contributed by atoms with Gasteiger partial charge < -0.3 is 10.1 Å². The predicted molar refractivity (Wildman–Crippen MR) is 96.5 cm³/mol. The maximum Gasteiger partial charge on any atom is 0.341 e. The fraction of sp³-hybridized carbons (Fsp3) is 0.250. The number of carbonyl (C=O) groups excluding carboxylic acids is 2.